The van der Waals surface area contributed by atoms with Gasteiger partial charge < -0.3 is 14.8 Å². The topological polar surface area (TPSA) is 42.9 Å². The van der Waals surface area contributed by atoms with Crippen molar-refractivity contribution in [3.8, 4) is 0 Å². The summed E-state index contributed by atoms with van der Waals surface area (Å²) < 4.78 is 10.9. The maximum absolute atomic E-state index is 5.46. The van der Waals surface area contributed by atoms with E-state index in [9.17, 15) is 0 Å². The lowest BCUT2D eigenvalue weighted by Crippen LogP contribution is -2.48. The Hall–Kier alpha value is -0.260. The van der Waals surface area contributed by atoms with Crippen molar-refractivity contribution < 1.29 is 9.47 Å². The molecule has 0 bridgehead atoms. The number of thioether (sulfide) groups is 1. The molecule has 0 saturated carbocycles. The summed E-state index contributed by atoms with van der Waals surface area (Å²) in [4.78, 5) is 4.84. The van der Waals surface area contributed by atoms with Crippen LogP contribution in [0.4, 0.5) is 0 Å². The molecule has 0 atom stereocenters. The fourth-order valence-corrected chi connectivity index (χ4v) is 4.13. The van der Waals surface area contributed by atoms with Crippen LogP contribution in [0.2, 0.25) is 0 Å². The van der Waals surface area contributed by atoms with Crippen LogP contribution in [-0.2, 0) is 9.47 Å². The minimum atomic E-state index is 0.262. The molecular formula is C14H24N2O2S. The van der Waals surface area contributed by atoms with Gasteiger partial charge in [0.15, 0.2) is 5.17 Å². The van der Waals surface area contributed by atoms with Crippen molar-refractivity contribution in [1.29, 1.82) is 0 Å². The second-order valence-corrected chi connectivity index (χ2v) is 7.31. The zero-order chi connectivity index (χ0) is 13.2. The number of aliphatic imine (C=N–C) groups is 1. The van der Waals surface area contributed by atoms with Gasteiger partial charge in [-0.05, 0) is 31.1 Å². The van der Waals surface area contributed by atoms with E-state index in [-0.39, 0.29) is 5.54 Å². The van der Waals surface area contributed by atoms with Crippen molar-refractivity contribution in [2.24, 2.45) is 10.4 Å². The molecule has 5 heteroatoms. The number of rotatable bonds is 2. The summed E-state index contributed by atoms with van der Waals surface area (Å²) in [5, 5.41) is 4.81. The van der Waals surface area contributed by atoms with Crippen molar-refractivity contribution in [2.75, 3.05) is 38.7 Å². The number of nitrogens with one attached hydrogen (secondary N) is 1. The molecule has 0 unspecified atom stereocenters. The Kier molecular flexibility index (Phi) is 4.06. The van der Waals surface area contributed by atoms with Gasteiger partial charge in [0.1, 0.15) is 0 Å². The standard InChI is InChI=1S/C14H24N2O2S/c1-13(2-6-17-7-3-13)10-15-12-16-14(11-19-12)4-8-18-9-5-14/h2-11H2,1H3,(H,15,16). The van der Waals surface area contributed by atoms with Gasteiger partial charge in [0.05, 0.1) is 5.54 Å². The lowest BCUT2D eigenvalue weighted by molar-refractivity contribution is 0.0282. The first-order valence-electron chi connectivity index (χ1n) is 7.31. The van der Waals surface area contributed by atoms with Crippen LogP contribution in [0, 0.1) is 5.41 Å². The highest BCUT2D eigenvalue weighted by atomic mass is 32.2. The minimum Gasteiger partial charge on any atom is -0.381 e. The molecule has 0 amide bonds. The van der Waals surface area contributed by atoms with Crippen LogP contribution in [-0.4, -0.2) is 49.4 Å². The summed E-state index contributed by atoms with van der Waals surface area (Å²) in [6.07, 6.45) is 4.50. The van der Waals surface area contributed by atoms with Crippen LogP contribution in [0.3, 0.4) is 0 Å². The Morgan fingerprint density at radius 3 is 2.42 bits per heavy atom. The zero-order valence-corrected chi connectivity index (χ0v) is 12.6. The summed E-state index contributed by atoms with van der Waals surface area (Å²) in [6, 6.07) is 0. The maximum atomic E-state index is 5.46. The smallest absolute Gasteiger partial charge is 0.157 e. The molecule has 1 spiro atoms. The molecule has 3 rings (SSSR count). The van der Waals surface area contributed by atoms with E-state index in [0.717, 1.165) is 69.6 Å². The first kappa shape index (κ1) is 13.7. The van der Waals surface area contributed by atoms with Gasteiger partial charge in [-0.3, -0.25) is 4.99 Å². The zero-order valence-electron chi connectivity index (χ0n) is 11.7. The van der Waals surface area contributed by atoms with Crippen LogP contribution in [0.15, 0.2) is 4.99 Å². The van der Waals surface area contributed by atoms with Gasteiger partial charge in [0.2, 0.25) is 0 Å². The Labute approximate surface area is 119 Å². The van der Waals surface area contributed by atoms with Crippen molar-refractivity contribution in [3.63, 3.8) is 0 Å². The van der Waals surface area contributed by atoms with Gasteiger partial charge in [-0.15, -0.1) is 0 Å². The Morgan fingerprint density at radius 2 is 1.74 bits per heavy atom. The molecule has 108 valence electrons. The second-order valence-electron chi connectivity index (χ2n) is 6.35. The molecule has 4 nitrogen and oxygen atoms in total. The summed E-state index contributed by atoms with van der Waals surface area (Å²) >= 11 is 1.89. The minimum absolute atomic E-state index is 0.262. The first-order chi connectivity index (χ1) is 9.20. The van der Waals surface area contributed by atoms with E-state index in [1.165, 1.54) is 0 Å². The number of amidine groups is 1. The molecule has 3 saturated heterocycles. The van der Waals surface area contributed by atoms with E-state index in [0.29, 0.717) is 5.41 Å². The highest BCUT2D eigenvalue weighted by Gasteiger charge is 2.39. The number of hydrogen-bond acceptors (Lipinski definition) is 4. The van der Waals surface area contributed by atoms with E-state index in [2.05, 4.69) is 12.2 Å². The van der Waals surface area contributed by atoms with E-state index >= 15 is 0 Å². The van der Waals surface area contributed by atoms with Gasteiger partial charge in [0, 0.05) is 38.7 Å². The number of nitrogens with zero attached hydrogens (tertiary/aromatic N) is 1. The third-order valence-corrected chi connectivity index (χ3v) is 5.81. The maximum Gasteiger partial charge on any atom is 0.157 e. The third-order valence-electron chi connectivity index (χ3n) is 4.61. The Bertz CT molecular complexity index is 347. The first-order valence-corrected chi connectivity index (χ1v) is 8.29. The molecule has 3 fully saturated rings. The Morgan fingerprint density at radius 1 is 1.11 bits per heavy atom. The average Bonchev–Trinajstić information content (AvgIpc) is 2.82. The van der Waals surface area contributed by atoms with Crippen molar-refractivity contribution in [1.82, 2.24) is 5.32 Å². The molecule has 3 heterocycles. The summed E-state index contributed by atoms with van der Waals surface area (Å²) in [5.74, 6) is 1.15. The molecule has 0 aromatic heterocycles. The van der Waals surface area contributed by atoms with Gasteiger partial charge >= 0.3 is 0 Å². The molecule has 0 radical (unpaired) electrons. The van der Waals surface area contributed by atoms with Crippen LogP contribution in [0.25, 0.3) is 0 Å². The van der Waals surface area contributed by atoms with Crippen molar-refractivity contribution in [3.05, 3.63) is 0 Å². The highest BCUT2D eigenvalue weighted by molar-refractivity contribution is 8.14. The van der Waals surface area contributed by atoms with Crippen molar-refractivity contribution >= 4 is 16.9 Å². The molecule has 0 aliphatic carbocycles. The van der Waals surface area contributed by atoms with Crippen LogP contribution < -0.4 is 5.32 Å². The van der Waals surface area contributed by atoms with Gasteiger partial charge in [0.25, 0.3) is 0 Å². The highest BCUT2D eigenvalue weighted by Crippen LogP contribution is 2.34. The lowest BCUT2D eigenvalue weighted by Gasteiger charge is -2.33. The van der Waals surface area contributed by atoms with Gasteiger partial charge in [-0.2, -0.15) is 0 Å². The monoisotopic (exact) mass is 284 g/mol. The largest absolute Gasteiger partial charge is 0.381 e. The normalized spacial score (nSPS) is 31.5. The van der Waals surface area contributed by atoms with Crippen LogP contribution in [0.1, 0.15) is 32.6 Å². The number of hydrogen-bond donors (Lipinski definition) is 1. The molecule has 3 aliphatic heterocycles. The fraction of sp³-hybridized carbons (Fsp3) is 0.929. The second kappa shape index (κ2) is 5.62. The molecule has 19 heavy (non-hydrogen) atoms. The molecule has 0 aromatic carbocycles. The van der Waals surface area contributed by atoms with E-state index in [1.807, 2.05) is 11.8 Å². The molecule has 0 aromatic rings. The molecule has 3 aliphatic rings. The summed E-state index contributed by atoms with van der Waals surface area (Å²) in [7, 11) is 0. The predicted octanol–water partition coefficient (Wildman–Crippen LogP) is 2.04. The van der Waals surface area contributed by atoms with Gasteiger partial charge in [-0.25, -0.2) is 0 Å². The van der Waals surface area contributed by atoms with Crippen molar-refractivity contribution in [2.45, 2.75) is 38.1 Å². The van der Waals surface area contributed by atoms with Gasteiger partial charge in [-0.1, -0.05) is 18.7 Å². The third kappa shape index (κ3) is 3.26. The molecular weight excluding hydrogens is 260 g/mol. The van der Waals surface area contributed by atoms with Crippen LogP contribution in [0.5, 0.6) is 0 Å². The van der Waals surface area contributed by atoms with E-state index in [1.54, 1.807) is 0 Å². The number of ether oxygens (including phenoxy) is 2. The summed E-state index contributed by atoms with van der Waals surface area (Å²) in [6.45, 7) is 6.82. The van der Waals surface area contributed by atoms with E-state index < -0.39 is 0 Å². The van der Waals surface area contributed by atoms with Crippen LogP contribution >= 0.6 is 11.8 Å². The van der Waals surface area contributed by atoms with E-state index in [4.69, 9.17) is 14.5 Å². The SMILES string of the molecule is CC1(CN=C2NC3(CCOCC3)CS2)CCOCC1. The quantitative estimate of drug-likeness (QED) is 0.843. The molecule has 1 N–H and O–H groups in total. The lowest BCUT2D eigenvalue weighted by atomic mass is 9.83. The Balaban J connectivity index is 1.56. The summed E-state index contributed by atoms with van der Waals surface area (Å²) in [5.41, 5.74) is 0.594. The predicted molar refractivity (Wildman–Crippen MR) is 78.8 cm³/mol. The fourth-order valence-electron chi connectivity index (χ4n) is 2.91. The average molecular weight is 284 g/mol.